The highest BCUT2D eigenvalue weighted by Crippen LogP contribution is 2.28. The lowest BCUT2D eigenvalue weighted by molar-refractivity contribution is -0.119. The van der Waals surface area contributed by atoms with Crippen LogP contribution in [0, 0.1) is 19.7 Å². The van der Waals surface area contributed by atoms with E-state index in [1.54, 1.807) is 12.1 Å². The molecule has 4 nitrogen and oxygen atoms in total. The Bertz CT molecular complexity index is 873. The first-order valence-corrected chi connectivity index (χ1v) is 8.66. The molecule has 2 N–H and O–H groups in total. The van der Waals surface area contributed by atoms with E-state index in [-0.39, 0.29) is 18.1 Å². The van der Waals surface area contributed by atoms with Crippen molar-refractivity contribution in [3.63, 3.8) is 0 Å². The lowest BCUT2D eigenvalue weighted by Crippen LogP contribution is -2.30. The molecule has 0 saturated carbocycles. The highest BCUT2D eigenvalue weighted by Gasteiger charge is 2.14. The fraction of sp³-hybridized carbons (Fsp3) is 0.158. The fourth-order valence-corrected chi connectivity index (χ4v) is 3.35. The molecule has 1 amide bonds. The van der Waals surface area contributed by atoms with Crippen LogP contribution in [-0.4, -0.2) is 10.9 Å². The molecule has 3 rings (SSSR count). The summed E-state index contributed by atoms with van der Waals surface area (Å²) in [6, 6.07) is 13.9. The van der Waals surface area contributed by atoms with Gasteiger partial charge in [0.25, 0.3) is 0 Å². The van der Waals surface area contributed by atoms with Crippen LogP contribution in [0.2, 0.25) is 0 Å². The summed E-state index contributed by atoms with van der Waals surface area (Å²) in [4.78, 5) is 17.7. The predicted molar refractivity (Wildman–Crippen MR) is 98.9 cm³/mol. The molecule has 0 aliphatic heterocycles. The van der Waals surface area contributed by atoms with E-state index in [2.05, 4.69) is 15.8 Å². The molecule has 0 bridgehead atoms. The van der Waals surface area contributed by atoms with Crippen LogP contribution in [0.4, 0.5) is 10.1 Å². The van der Waals surface area contributed by atoms with E-state index in [1.165, 1.54) is 29.0 Å². The Balaban J connectivity index is 1.69. The maximum Gasteiger partial charge on any atom is 0.243 e. The third-order valence-corrected chi connectivity index (χ3v) is 4.61. The Morgan fingerprint density at radius 1 is 1.08 bits per heavy atom. The summed E-state index contributed by atoms with van der Waals surface area (Å²) < 4.78 is 12.9. The standard InChI is InChI=1S/C19H18FN3OS/c1-12-3-5-14(6-4-12)19-17(25-13(2)21-19)11-18(24)23-22-16-9-7-15(20)8-10-16/h3-10,22H,11H2,1-2H3,(H,23,24). The number of carbonyl (C=O) groups is 1. The van der Waals surface area contributed by atoms with E-state index in [9.17, 15) is 9.18 Å². The topological polar surface area (TPSA) is 54.0 Å². The number of amides is 1. The Kier molecular flexibility index (Phi) is 5.09. The summed E-state index contributed by atoms with van der Waals surface area (Å²) in [7, 11) is 0. The zero-order valence-electron chi connectivity index (χ0n) is 14.0. The van der Waals surface area contributed by atoms with Crippen LogP contribution in [0.1, 0.15) is 15.4 Å². The molecule has 0 radical (unpaired) electrons. The quantitative estimate of drug-likeness (QED) is 0.673. The van der Waals surface area contributed by atoms with E-state index in [4.69, 9.17) is 0 Å². The van der Waals surface area contributed by atoms with Crippen LogP contribution in [0.25, 0.3) is 11.3 Å². The second-order valence-electron chi connectivity index (χ2n) is 5.73. The molecular formula is C19H18FN3OS. The van der Waals surface area contributed by atoms with Crippen molar-refractivity contribution in [2.24, 2.45) is 0 Å². The molecule has 0 fully saturated rings. The van der Waals surface area contributed by atoms with Crippen LogP contribution >= 0.6 is 11.3 Å². The molecular weight excluding hydrogens is 337 g/mol. The Labute approximate surface area is 149 Å². The van der Waals surface area contributed by atoms with E-state index in [0.717, 1.165) is 21.1 Å². The Morgan fingerprint density at radius 2 is 1.76 bits per heavy atom. The molecule has 0 unspecified atom stereocenters. The minimum Gasteiger partial charge on any atom is -0.299 e. The number of nitrogens with zero attached hydrogens (tertiary/aromatic N) is 1. The van der Waals surface area contributed by atoms with Gasteiger partial charge in [0, 0.05) is 10.4 Å². The zero-order valence-corrected chi connectivity index (χ0v) is 14.8. The van der Waals surface area contributed by atoms with Crippen LogP contribution in [0.5, 0.6) is 0 Å². The van der Waals surface area contributed by atoms with Gasteiger partial charge in [0.2, 0.25) is 5.91 Å². The molecule has 0 spiro atoms. The molecule has 3 aromatic rings. The van der Waals surface area contributed by atoms with Crippen LogP contribution in [0.3, 0.4) is 0 Å². The molecule has 25 heavy (non-hydrogen) atoms. The first-order chi connectivity index (χ1) is 12.0. The number of aryl methyl sites for hydroxylation is 2. The van der Waals surface area contributed by atoms with Crippen LogP contribution in [-0.2, 0) is 11.2 Å². The first kappa shape index (κ1) is 17.1. The Morgan fingerprint density at radius 3 is 2.44 bits per heavy atom. The van der Waals surface area contributed by atoms with Gasteiger partial charge < -0.3 is 0 Å². The predicted octanol–water partition coefficient (Wildman–Crippen LogP) is 4.25. The van der Waals surface area contributed by atoms with Crippen molar-refractivity contribution in [2.45, 2.75) is 20.3 Å². The number of rotatable bonds is 5. The highest BCUT2D eigenvalue weighted by molar-refractivity contribution is 7.12. The zero-order chi connectivity index (χ0) is 17.8. The highest BCUT2D eigenvalue weighted by atomic mass is 32.1. The number of thiazole rings is 1. The third kappa shape index (κ3) is 4.42. The van der Waals surface area contributed by atoms with Gasteiger partial charge in [0.05, 0.1) is 22.8 Å². The Hall–Kier alpha value is -2.73. The van der Waals surface area contributed by atoms with Crippen molar-refractivity contribution in [1.29, 1.82) is 0 Å². The number of hydrazine groups is 1. The van der Waals surface area contributed by atoms with E-state index in [1.807, 2.05) is 38.1 Å². The summed E-state index contributed by atoms with van der Waals surface area (Å²) in [5.74, 6) is -0.499. The van der Waals surface area contributed by atoms with Gasteiger partial charge >= 0.3 is 0 Å². The minimum atomic E-state index is -0.320. The number of hydrogen-bond donors (Lipinski definition) is 2. The van der Waals surface area contributed by atoms with Crippen molar-refractivity contribution in [3.05, 3.63) is 69.8 Å². The lowest BCUT2D eigenvalue weighted by atomic mass is 10.1. The van der Waals surface area contributed by atoms with E-state index < -0.39 is 0 Å². The summed E-state index contributed by atoms with van der Waals surface area (Å²) in [6.07, 6.45) is 0.225. The van der Waals surface area contributed by atoms with E-state index >= 15 is 0 Å². The van der Waals surface area contributed by atoms with Crippen LogP contribution < -0.4 is 10.9 Å². The number of nitrogens with one attached hydrogen (secondary N) is 2. The van der Waals surface area contributed by atoms with Gasteiger partial charge in [-0.05, 0) is 38.1 Å². The van der Waals surface area contributed by atoms with E-state index in [0.29, 0.717) is 5.69 Å². The van der Waals surface area contributed by atoms with Gasteiger partial charge in [-0.25, -0.2) is 9.37 Å². The summed E-state index contributed by atoms with van der Waals surface area (Å²) in [6.45, 7) is 3.96. The molecule has 0 aliphatic rings. The summed E-state index contributed by atoms with van der Waals surface area (Å²) >= 11 is 1.52. The molecule has 128 valence electrons. The number of anilines is 1. The van der Waals surface area contributed by atoms with Crippen molar-refractivity contribution in [2.75, 3.05) is 5.43 Å². The van der Waals surface area contributed by atoms with Crippen molar-refractivity contribution in [1.82, 2.24) is 10.4 Å². The second kappa shape index (κ2) is 7.44. The molecule has 0 aliphatic carbocycles. The maximum atomic E-state index is 12.9. The van der Waals surface area contributed by atoms with Gasteiger partial charge in [0.15, 0.2) is 0 Å². The van der Waals surface area contributed by atoms with Gasteiger partial charge in [-0.2, -0.15) is 0 Å². The number of carbonyl (C=O) groups excluding carboxylic acids is 1. The second-order valence-corrected chi connectivity index (χ2v) is 7.02. The number of benzene rings is 2. The average Bonchev–Trinajstić information content (AvgIpc) is 2.95. The molecule has 0 saturated heterocycles. The van der Waals surface area contributed by atoms with Gasteiger partial charge in [-0.15, -0.1) is 11.3 Å². The van der Waals surface area contributed by atoms with Gasteiger partial charge in [0.1, 0.15) is 5.82 Å². The average molecular weight is 355 g/mol. The van der Waals surface area contributed by atoms with Crippen molar-refractivity contribution >= 4 is 22.9 Å². The molecule has 1 aromatic heterocycles. The third-order valence-electron chi connectivity index (χ3n) is 3.64. The number of halogens is 1. The molecule has 2 aromatic carbocycles. The summed E-state index contributed by atoms with van der Waals surface area (Å²) in [5, 5.41) is 0.921. The van der Waals surface area contributed by atoms with Crippen molar-refractivity contribution in [3.8, 4) is 11.3 Å². The summed E-state index contributed by atoms with van der Waals surface area (Å²) in [5.41, 5.74) is 9.06. The normalized spacial score (nSPS) is 10.5. The molecule has 0 atom stereocenters. The number of aromatic nitrogens is 1. The first-order valence-electron chi connectivity index (χ1n) is 7.85. The fourth-order valence-electron chi connectivity index (χ4n) is 2.39. The van der Waals surface area contributed by atoms with Gasteiger partial charge in [-0.1, -0.05) is 29.8 Å². The monoisotopic (exact) mass is 355 g/mol. The molecule has 1 heterocycles. The lowest BCUT2D eigenvalue weighted by Gasteiger charge is -2.08. The smallest absolute Gasteiger partial charge is 0.243 e. The van der Waals surface area contributed by atoms with Crippen LogP contribution in [0.15, 0.2) is 48.5 Å². The number of hydrogen-bond acceptors (Lipinski definition) is 4. The molecule has 6 heteroatoms. The maximum absolute atomic E-state index is 12.9. The minimum absolute atomic E-state index is 0.179. The SMILES string of the molecule is Cc1ccc(-c2nc(C)sc2CC(=O)NNc2ccc(F)cc2)cc1. The van der Waals surface area contributed by atoms with Gasteiger partial charge in [-0.3, -0.25) is 15.6 Å². The largest absolute Gasteiger partial charge is 0.299 e. The van der Waals surface area contributed by atoms with Crippen molar-refractivity contribution < 1.29 is 9.18 Å².